The van der Waals surface area contributed by atoms with Gasteiger partial charge in [-0.1, -0.05) is 5.92 Å². The van der Waals surface area contributed by atoms with Crippen molar-refractivity contribution in [2.24, 2.45) is 5.92 Å². The van der Waals surface area contributed by atoms with Crippen molar-refractivity contribution in [1.82, 2.24) is 4.90 Å². The number of nitrogens with zero attached hydrogens (tertiary/aromatic N) is 1. The number of hydrogen-bond donors (Lipinski definition) is 1. The van der Waals surface area contributed by atoms with Crippen molar-refractivity contribution >= 4 is 0 Å². The third-order valence-electron chi connectivity index (χ3n) is 2.54. The summed E-state index contributed by atoms with van der Waals surface area (Å²) in [5.41, 5.74) is -0.677. The fourth-order valence-electron chi connectivity index (χ4n) is 1.80. The molecule has 1 N–H and O–H groups in total. The Bertz CT molecular complexity index is 228. The van der Waals surface area contributed by atoms with Gasteiger partial charge in [0.05, 0.1) is 0 Å². The molecule has 0 amide bonds. The summed E-state index contributed by atoms with van der Waals surface area (Å²) in [4.78, 5) is 2.29. The molecular weight excluding hydrogens is 150 g/mol. The van der Waals surface area contributed by atoms with Crippen molar-refractivity contribution in [1.29, 1.82) is 0 Å². The highest BCUT2D eigenvalue weighted by atomic mass is 16.3. The first-order valence-electron chi connectivity index (χ1n) is 4.60. The molecule has 1 saturated carbocycles. The van der Waals surface area contributed by atoms with Crippen LogP contribution < -0.4 is 0 Å². The number of β-amino-alcohol motifs (C(OH)–C–C–N with tert-alkyl or cyclic N) is 1. The molecule has 0 aromatic heterocycles. The first kappa shape index (κ1) is 8.10. The van der Waals surface area contributed by atoms with Crippen LogP contribution in [0.5, 0.6) is 0 Å². The average molecular weight is 165 g/mol. The standard InChI is InChI=1S/C10H15NO/c1-2-5-10(12)7-11(8-10)6-9-3-4-9/h9,12H,3-4,6-8H2,1H3. The highest BCUT2D eigenvalue weighted by Crippen LogP contribution is 2.32. The maximum Gasteiger partial charge on any atom is 0.150 e. The minimum absolute atomic E-state index is 0.677. The predicted octanol–water partition coefficient (Wildman–Crippen LogP) is 0.466. The van der Waals surface area contributed by atoms with Gasteiger partial charge in [-0.2, -0.15) is 0 Å². The Morgan fingerprint density at radius 3 is 2.67 bits per heavy atom. The highest BCUT2D eigenvalue weighted by Gasteiger charge is 2.41. The molecule has 0 atom stereocenters. The normalized spacial score (nSPS) is 27.2. The summed E-state index contributed by atoms with van der Waals surface area (Å²) in [6.07, 6.45) is 2.77. The number of likely N-dealkylation sites (tertiary alicyclic amines) is 1. The van der Waals surface area contributed by atoms with Crippen LogP contribution in [0, 0.1) is 17.8 Å². The lowest BCUT2D eigenvalue weighted by molar-refractivity contribution is -0.0548. The van der Waals surface area contributed by atoms with E-state index >= 15 is 0 Å². The smallest absolute Gasteiger partial charge is 0.150 e. The van der Waals surface area contributed by atoms with Crippen molar-refractivity contribution in [3.05, 3.63) is 0 Å². The summed E-state index contributed by atoms with van der Waals surface area (Å²) in [6.45, 7) is 4.46. The fourth-order valence-corrected chi connectivity index (χ4v) is 1.80. The Kier molecular flexibility index (Phi) is 1.86. The Morgan fingerprint density at radius 2 is 2.17 bits per heavy atom. The molecule has 0 unspecified atom stereocenters. The Balaban J connectivity index is 1.76. The van der Waals surface area contributed by atoms with E-state index in [9.17, 15) is 5.11 Å². The van der Waals surface area contributed by atoms with Gasteiger partial charge in [-0.05, 0) is 25.7 Å². The van der Waals surface area contributed by atoms with E-state index in [2.05, 4.69) is 16.7 Å². The molecule has 12 heavy (non-hydrogen) atoms. The molecule has 1 heterocycles. The highest BCUT2D eigenvalue weighted by molar-refractivity contribution is 5.19. The number of hydrogen-bond acceptors (Lipinski definition) is 2. The molecule has 0 aromatic rings. The topological polar surface area (TPSA) is 23.5 Å². The lowest BCUT2D eigenvalue weighted by atomic mass is 9.95. The Labute approximate surface area is 73.6 Å². The van der Waals surface area contributed by atoms with Crippen LogP contribution in [0.4, 0.5) is 0 Å². The lowest BCUT2D eigenvalue weighted by Gasteiger charge is -2.43. The molecule has 2 aliphatic rings. The largest absolute Gasteiger partial charge is 0.375 e. The lowest BCUT2D eigenvalue weighted by Crippen LogP contribution is -2.61. The van der Waals surface area contributed by atoms with Gasteiger partial charge in [0.15, 0.2) is 5.60 Å². The maximum absolute atomic E-state index is 9.70. The van der Waals surface area contributed by atoms with Crippen LogP contribution in [-0.2, 0) is 0 Å². The van der Waals surface area contributed by atoms with E-state index in [4.69, 9.17) is 0 Å². The molecule has 2 fully saturated rings. The molecule has 2 nitrogen and oxygen atoms in total. The predicted molar refractivity (Wildman–Crippen MR) is 47.6 cm³/mol. The summed E-state index contributed by atoms with van der Waals surface area (Å²) >= 11 is 0. The van der Waals surface area contributed by atoms with Gasteiger partial charge < -0.3 is 5.11 Å². The molecule has 1 saturated heterocycles. The second-order valence-electron chi connectivity index (χ2n) is 4.02. The van der Waals surface area contributed by atoms with Gasteiger partial charge in [0.1, 0.15) is 0 Å². The van der Waals surface area contributed by atoms with Crippen LogP contribution >= 0.6 is 0 Å². The summed E-state index contributed by atoms with van der Waals surface area (Å²) in [5.74, 6) is 6.54. The summed E-state index contributed by atoms with van der Waals surface area (Å²) < 4.78 is 0. The van der Waals surface area contributed by atoms with Gasteiger partial charge in [-0.15, -0.1) is 5.92 Å². The maximum atomic E-state index is 9.70. The first-order valence-corrected chi connectivity index (χ1v) is 4.60. The molecule has 0 bridgehead atoms. The van der Waals surface area contributed by atoms with Crippen molar-refractivity contribution < 1.29 is 5.11 Å². The summed E-state index contributed by atoms with van der Waals surface area (Å²) in [7, 11) is 0. The molecule has 1 aliphatic heterocycles. The van der Waals surface area contributed by atoms with Gasteiger partial charge in [0, 0.05) is 19.6 Å². The van der Waals surface area contributed by atoms with E-state index in [1.807, 2.05) is 0 Å². The van der Waals surface area contributed by atoms with E-state index < -0.39 is 5.60 Å². The SMILES string of the molecule is CC#CC1(O)CN(CC2CC2)C1. The van der Waals surface area contributed by atoms with Gasteiger partial charge in [-0.3, -0.25) is 4.90 Å². The van der Waals surface area contributed by atoms with E-state index in [1.165, 1.54) is 19.4 Å². The van der Waals surface area contributed by atoms with Crippen LogP contribution in [0.15, 0.2) is 0 Å². The van der Waals surface area contributed by atoms with Crippen LogP contribution in [0.25, 0.3) is 0 Å². The van der Waals surface area contributed by atoms with Gasteiger partial charge in [-0.25, -0.2) is 0 Å². The summed E-state index contributed by atoms with van der Waals surface area (Å²) in [5, 5.41) is 9.70. The second-order valence-corrected chi connectivity index (χ2v) is 4.02. The molecule has 0 aromatic carbocycles. The Hall–Kier alpha value is -0.520. The number of rotatable bonds is 2. The van der Waals surface area contributed by atoms with Gasteiger partial charge >= 0.3 is 0 Å². The van der Waals surface area contributed by atoms with Crippen molar-refractivity contribution in [3.8, 4) is 11.8 Å². The third-order valence-corrected chi connectivity index (χ3v) is 2.54. The average Bonchev–Trinajstić information content (AvgIpc) is 2.68. The third kappa shape index (κ3) is 1.63. The van der Waals surface area contributed by atoms with E-state index in [-0.39, 0.29) is 0 Å². The molecule has 66 valence electrons. The zero-order valence-electron chi connectivity index (χ0n) is 7.51. The zero-order valence-corrected chi connectivity index (χ0v) is 7.51. The first-order chi connectivity index (χ1) is 5.72. The van der Waals surface area contributed by atoms with Gasteiger partial charge in [0.25, 0.3) is 0 Å². The van der Waals surface area contributed by atoms with Crippen LogP contribution in [0.1, 0.15) is 19.8 Å². The van der Waals surface area contributed by atoms with Crippen LogP contribution in [-0.4, -0.2) is 35.2 Å². The molecular formula is C10H15NO. The van der Waals surface area contributed by atoms with Gasteiger partial charge in [0.2, 0.25) is 0 Å². The molecule has 0 radical (unpaired) electrons. The Morgan fingerprint density at radius 1 is 1.50 bits per heavy atom. The van der Waals surface area contributed by atoms with E-state index in [0.717, 1.165) is 19.0 Å². The fraction of sp³-hybridized carbons (Fsp3) is 0.800. The van der Waals surface area contributed by atoms with Crippen molar-refractivity contribution in [2.75, 3.05) is 19.6 Å². The van der Waals surface area contributed by atoms with Crippen molar-refractivity contribution in [2.45, 2.75) is 25.4 Å². The van der Waals surface area contributed by atoms with E-state index in [0.29, 0.717) is 0 Å². The minimum Gasteiger partial charge on any atom is -0.375 e. The zero-order chi connectivity index (χ0) is 8.60. The molecule has 2 heteroatoms. The molecule has 1 aliphatic carbocycles. The number of aliphatic hydroxyl groups is 1. The summed E-state index contributed by atoms with van der Waals surface area (Å²) in [6, 6.07) is 0. The van der Waals surface area contributed by atoms with Crippen LogP contribution in [0.3, 0.4) is 0 Å². The quantitative estimate of drug-likeness (QED) is 0.601. The molecule has 0 spiro atoms. The molecule has 2 rings (SSSR count). The van der Waals surface area contributed by atoms with E-state index in [1.54, 1.807) is 6.92 Å². The second kappa shape index (κ2) is 2.76. The van der Waals surface area contributed by atoms with Crippen molar-refractivity contribution in [3.63, 3.8) is 0 Å². The minimum atomic E-state index is -0.677. The van der Waals surface area contributed by atoms with Crippen LogP contribution in [0.2, 0.25) is 0 Å². The monoisotopic (exact) mass is 165 g/mol.